The molecule has 2 atom stereocenters. The molecule has 0 aliphatic rings. The number of carbonyl (C=O) groups is 2. The van der Waals surface area contributed by atoms with Crippen molar-refractivity contribution in [1.82, 2.24) is 10.3 Å². The number of hydrogen-bond donors (Lipinski definition) is 3. The molecule has 31 heavy (non-hydrogen) atoms. The number of pyridine rings is 1. The Morgan fingerprint density at radius 2 is 1.55 bits per heavy atom. The molecule has 4 N–H and O–H groups in total. The lowest BCUT2D eigenvalue weighted by molar-refractivity contribution is -0.122. The van der Waals surface area contributed by atoms with Crippen LogP contribution in [0.15, 0.2) is 73.1 Å². The van der Waals surface area contributed by atoms with Crippen molar-refractivity contribution in [2.45, 2.75) is 38.8 Å². The van der Waals surface area contributed by atoms with E-state index in [0.29, 0.717) is 11.3 Å². The molecule has 0 aliphatic heterocycles. The third-order valence-corrected chi connectivity index (χ3v) is 5.17. The Kier molecular flexibility index (Phi) is 7.51. The van der Waals surface area contributed by atoms with Crippen LogP contribution in [0.1, 0.15) is 58.9 Å². The summed E-state index contributed by atoms with van der Waals surface area (Å²) >= 11 is 0. The van der Waals surface area contributed by atoms with E-state index in [0.717, 1.165) is 17.5 Å². The molecule has 0 bridgehead atoms. The first-order chi connectivity index (χ1) is 15.0. The summed E-state index contributed by atoms with van der Waals surface area (Å²) in [5, 5.41) is 5.88. The van der Waals surface area contributed by atoms with E-state index < -0.39 is 6.04 Å². The molecule has 2 unspecified atom stereocenters. The number of anilines is 1. The van der Waals surface area contributed by atoms with Gasteiger partial charge in [-0.2, -0.15) is 0 Å². The first kappa shape index (κ1) is 22.2. The third-order valence-electron chi connectivity index (χ3n) is 5.17. The van der Waals surface area contributed by atoms with E-state index in [2.05, 4.69) is 15.6 Å². The minimum Gasteiger partial charge on any atom is -0.349 e. The number of rotatable bonds is 8. The van der Waals surface area contributed by atoms with Gasteiger partial charge in [0, 0.05) is 36.1 Å². The summed E-state index contributed by atoms with van der Waals surface area (Å²) in [6.07, 6.45) is 4.20. The van der Waals surface area contributed by atoms with Gasteiger partial charge in [-0.05, 0) is 48.7 Å². The number of carbonyl (C=O) groups excluding carboxylic acids is 2. The quantitative estimate of drug-likeness (QED) is 0.510. The highest BCUT2D eigenvalue weighted by Gasteiger charge is 2.17. The van der Waals surface area contributed by atoms with Crippen LogP contribution in [0.2, 0.25) is 0 Å². The van der Waals surface area contributed by atoms with Crippen LogP contribution in [0.5, 0.6) is 0 Å². The number of hydrogen-bond acceptors (Lipinski definition) is 4. The van der Waals surface area contributed by atoms with Gasteiger partial charge in [-0.3, -0.25) is 14.6 Å². The van der Waals surface area contributed by atoms with Gasteiger partial charge in [0.2, 0.25) is 5.91 Å². The molecule has 0 aliphatic carbocycles. The fourth-order valence-corrected chi connectivity index (χ4v) is 3.31. The van der Waals surface area contributed by atoms with Gasteiger partial charge in [0.25, 0.3) is 5.91 Å². The second-order valence-corrected chi connectivity index (χ2v) is 7.56. The van der Waals surface area contributed by atoms with Crippen LogP contribution in [0.3, 0.4) is 0 Å². The summed E-state index contributed by atoms with van der Waals surface area (Å²) in [5.41, 5.74) is 10.5. The molecule has 1 aromatic heterocycles. The molecule has 0 spiro atoms. The molecule has 3 rings (SSSR count). The SMILES string of the molecule is CCC(NC(=O)CC(N)c1ccc(C(=O)Nc2ccncc2)cc1)c1ccc(C)cc1. The first-order valence-corrected chi connectivity index (χ1v) is 10.4. The lowest BCUT2D eigenvalue weighted by Crippen LogP contribution is -2.31. The van der Waals surface area contributed by atoms with Crippen LogP contribution >= 0.6 is 0 Å². The lowest BCUT2D eigenvalue weighted by atomic mass is 10.0. The molecular formula is C25H28N4O2. The largest absolute Gasteiger partial charge is 0.349 e. The number of aryl methyl sites for hydroxylation is 1. The molecule has 160 valence electrons. The molecule has 1 heterocycles. The number of nitrogens with two attached hydrogens (primary N) is 1. The van der Waals surface area contributed by atoms with Crippen molar-refractivity contribution in [3.8, 4) is 0 Å². The summed E-state index contributed by atoms with van der Waals surface area (Å²) in [7, 11) is 0. The lowest BCUT2D eigenvalue weighted by Gasteiger charge is -2.19. The maximum absolute atomic E-state index is 12.6. The topological polar surface area (TPSA) is 97.1 Å². The summed E-state index contributed by atoms with van der Waals surface area (Å²) in [5.74, 6) is -0.313. The Morgan fingerprint density at radius 1 is 0.935 bits per heavy atom. The standard InChI is InChI=1S/C25H28N4O2/c1-3-23(19-6-4-17(2)5-7-19)29-24(30)16-22(26)18-8-10-20(11-9-18)25(31)28-21-12-14-27-15-13-21/h4-15,22-23H,3,16,26H2,1-2H3,(H,29,30)(H,27,28,31). The van der Waals surface area contributed by atoms with Gasteiger partial charge in [0.05, 0.1) is 6.04 Å². The van der Waals surface area contributed by atoms with Gasteiger partial charge >= 0.3 is 0 Å². The molecule has 2 aromatic carbocycles. The smallest absolute Gasteiger partial charge is 0.255 e. The molecule has 0 radical (unpaired) electrons. The second-order valence-electron chi connectivity index (χ2n) is 7.56. The number of nitrogens with zero attached hydrogens (tertiary/aromatic N) is 1. The van der Waals surface area contributed by atoms with E-state index in [1.165, 1.54) is 5.56 Å². The minimum absolute atomic E-state index is 0.0421. The molecule has 0 fully saturated rings. The van der Waals surface area contributed by atoms with Crippen molar-refractivity contribution < 1.29 is 9.59 Å². The van der Waals surface area contributed by atoms with E-state index in [-0.39, 0.29) is 24.3 Å². The molecule has 0 saturated heterocycles. The summed E-state index contributed by atoms with van der Waals surface area (Å²) < 4.78 is 0. The van der Waals surface area contributed by atoms with E-state index in [1.807, 2.05) is 38.1 Å². The van der Waals surface area contributed by atoms with Crippen molar-refractivity contribution in [2.75, 3.05) is 5.32 Å². The van der Waals surface area contributed by atoms with Crippen LogP contribution < -0.4 is 16.4 Å². The zero-order chi connectivity index (χ0) is 22.2. The van der Waals surface area contributed by atoms with Crippen LogP contribution in [-0.4, -0.2) is 16.8 Å². The Hall–Kier alpha value is -3.51. The van der Waals surface area contributed by atoms with E-state index in [9.17, 15) is 9.59 Å². The highest BCUT2D eigenvalue weighted by molar-refractivity contribution is 6.04. The zero-order valence-corrected chi connectivity index (χ0v) is 17.8. The fraction of sp³-hybridized carbons (Fsp3) is 0.240. The van der Waals surface area contributed by atoms with Crippen molar-refractivity contribution >= 4 is 17.5 Å². The molecule has 6 nitrogen and oxygen atoms in total. The van der Waals surface area contributed by atoms with Crippen molar-refractivity contribution in [3.05, 3.63) is 95.3 Å². The summed E-state index contributed by atoms with van der Waals surface area (Å²) in [4.78, 5) is 28.8. The van der Waals surface area contributed by atoms with Crippen molar-refractivity contribution in [1.29, 1.82) is 0 Å². The van der Waals surface area contributed by atoms with E-state index >= 15 is 0 Å². The summed E-state index contributed by atoms with van der Waals surface area (Å²) in [6.45, 7) is 4.08. The first-order valence-electron chi connectivity index (χ1n) is 10.4. The van der Waals surface area contributed by atoms with Crippen LogP contribution in [0, 0.1) is 6.92 Å². The monoisotopic (exact) mass is 416 g/mol. The Bertz CT molecular complexity index is 1000. The van der Waals surface area contributed by atoms with E-state index in [4.69, 9.17) is 5.73 Å². The van der Waals surface area contributed by atoms with Crippen molar-refractivity contribution in [3.63, 3.8) is 0 Å². The summed E-state index contributed by atoms with van der Waals surface area (Å²) in [6, 6.07) is 18.1. The van der Waals surface area contributed by atoms with Gasteiger partial charge in [-0.1, -0.05) is 48.9 Å². The average molecular weight is 417 g/mol. The minimum atomic E-state index is -0.451. The molecule has 6 heteroatoms. The third kappa shape index (κ3) is 6.23. The zero-order valence-electron chi connectivity index (χ0n) is 17.8. The van der Waals surface area contributed by atoms with Gasteiger partial charge < -0.3 is 16.4 Å². The fourth-order valence-electron chi connectivity index (χ4n) is 3.31. The molecule has 2 amide bonds. The highest BCUT2D eigenvalue weighted by Crippen LogP contribution is 2.20. The Morgan fingerprint density at radius 3 is 2.16 bits per heavy atom. The second kappa shape index (κ2) is 10.5. The maximum atomic E-state index is 12.6. The molecule has 0 saturated carbocycles. The van der Waals surface area contributed by atoms with Gasteiger partial charge in [-0.25, -0.2) is 0 Å². The molecular weight excluding hydrogens is 388 g/mol. The highest BCUT2D eigenvalue weighted by atomic mass is 16.2. The Balaban J connectivity index is 1.57. The van der Waals surface area contributed by atoms with Gasteiger partial charge in [-0.15, -0.1) is 0 Å². The van der Waals surface area contributed by atoms with Gasteiger partial charge in [0.1, 0.15) is 0 Å². The molecule has 3 aromatic rings. The predicted octanol–water partition coefficient (Wildman–Crippen LogP) is 4.30. The number of nitrogens with one attached hydrogen (secondary N) is 2. The predicted molar refractivity (Wildman–Crippen MR) is 123 cm³/mol. The number of amides is 2. The van der Waals surface area contributed by atoms with Gasteiger partial charge in [0.15, 0.2) is 0 Å². The average Bonchev–Trinajstić information content (AvgIpc) is 2.79. The van der Waals surface area contributed by atoms with E-state index in [1.54, 1.807) is 48.8 Å². The number of aromatic nitrogens is 1. The van der Waals surface area contributed by atoms with Crippen molar-refractivity contribution in [2.24, 2.45) is 5.73 Å². The van der Waals surface area contributed by atoms with Crippen LogP contribution in [-0.2, 0) is 4.79 Å². The van der Waals surface area contributed by atoms with Crippen LogP contribution in [0.4, 0.5) is 5.69 Å². The maximum Gasteiger partial charge on any atom is 0.255 e. The Labute approximate surface area is 182 Å². The normalized spacial score (nSPS) is 12.6. The number of benzene rings is 2. The van der Waals surface area contributed by atoms with Crippen LogP contribution in [0.25, 0.3) is 0 Å².